The van der Waals surface area contributed by atoms with Crippen LogP contribution in [0, 0.1) is 0 Å². The monoisotopic (exact) mass is 684 g/mol. The van der Waals surface area contributed by atoms with Gasteiger partial charge in [0.15, 0.2) is 0 Å². The van der Waals surface area contributed by atoms with Crippen LogP contribution in [-0.4, -0.2) is 41.8 Å². The van der Waals surface area contributed by atoms with Gasteiger partial charge in [-0.1, -0.05) is 97.6 Å². The number of allylic oxidation sites excluding steroid dienone is 4. The van der Waals surface area contributed by atoms with Crippen molar-refractivity contribution >= 4 is 51.2 Å². The maximum Gasteiger partial charge on any atom is 0.337 e. The fourth-order valence-corrected chi connectivity index (χ4v) is 5.68. The number of rotatable bonds is 10. The number of nitrogens with zero attached hydrogens (tertiary/aromatic N) is 3. The largest absolute Gasteiger partial charge is 0.466 e. The zero-order valence-electron chi connectivity index (χ0n) is 29.0. The number of carbonyl (C=O) groups excluding carboxylic acids is 2. The topological polar surface area (TPSA) is 117 Å². The minimum atomic E-state index is -0.496. The van der Waals surface area contributed by atoms with Crippen molar-refractivity contribution in [1.82, 2.24) is 9.97 Å². The quantitative estimate of drug-likeness (QED) is 0.0503. The van der Waals surface area contributed by atoms with E-state index >= 15 is 0 Å². The Bertz CT molecular complexity index is 2380. The molecule has 1 heterocycles. The molecule has 52 heavy (non-hydrogen) atoms. The Morgan fingerprint density at radius 1 is 0.692 bits per heavy atom. The molecule has 0 bridgehead atoms. The van der Waals surface area contributed by atoms with Crippen LogP contribution in [0.4, 0.5) is 11.4 Å². The Hall–Kier alpha value is -6.93. The summed E-state index contributed by atoms with van der Waals surface area (Å²) in [6.45, 7) is 6.26. The van der Waals surface area contributed by atoms with Gasteiger partial charge < -0.3 is 15.2 Å². The second kappa shape index (κ2) is 15.7. The van der Waals surface area contributed by atoms with Crippen molar-refractivity contribution in [2.24, 2.45) is 4.99 Å². The number of aromatic nitrogens is 2. The van der Waals surface area contributed by atoms with Gasteiger partial charge in [-0.15, -0.1) is 0 Å². The number of methoxy groups -OCH3 is 2. The molecule has 6 aromatic rings. The van der Waals surface area contributed by atoms with Crippen LogP contribution in [0.25, 0.3) is 44.6 Å². The molecule has 256 valence electrons. The Morgan fingerprint density at radius 3 is 1.98 bits per heavy atom. The van der Waals surface area contributed by atoms with Crippen LogP contribution in [0.3, 0.4) is 0 Å². The van der Waals surface area contributed by atoms with Crippen LogP contribution >= 0.6 is 0 Å². The molecule has 0 aliphatic rings. The Morgan fingerprint density at radius 2 is 1.33 bits per heavy atom. The smallest absolute Gasteiger partial charge is 0.337 e. The van der Waals surface area contributed by atoms with E-state index in [9.17, 15) is 9.59 Å². The summed E-state index contributed by atoms with van der Waals surface area (Å²) in [5, 5.41) is 0. The molecule has 0 aliphatic heterocycles. The van der Waals surface area contributed by atoms with E-state index in [-0.39, 0.29) is 0 Å². The van der Waals surface area contributed by atoms with Gasteiger partial charge in [0.05, 0.1) is 59.3 Å². The highest BCUT2D eigenvalue weighted by Crippen LogP contribution is 2.35. The second-order valence-corrected chi connectivity index (χ2v) is 11.7. The molecule has 0 amide bonds. The van der Waals surface area contributed by atoms with Crippen molar-refractivity contribution < 1.29 is 19.1 Å². The molecule has 0 aliphatic carbocycles. The summed E-state index contributed by atoms with van der Waals surface area (Å²) in [5.41, 5.74) is 17.0. The Balaban J connectivity index is 1.46. The van der Waals surface area contributed by atoms with E-state index in [1.54, 1.807) is 30.3 Å². The average molecular weight is 685 g/mol. The molecule has 0 saturated heterocycles. The van der Waals surface area contributed by atoms with E-state index in [0.717, 1.165) is 39.1 Å². The minimum Gasteiger partial charge on any atom is -0.466 e. The molecular weight excluding hydrogens is 649 g/mol. The number of carbonyl (C=O) groups is 2. The highest BCUT2D eigenvalue weighted by molar-refractivity contribution is 6.32. The molecule has 0 atom stereocenters. The predicted octanol–water partition coefficient (Wildman–Crippen LogP) is 9.30. The summed E-state index contributed by atoms with van der Waals surface area (Å²) in [7, 11) is 2.66. The van der Waals surface area contributed by atoms with Gasteiger partial charge in [0.2, 0.25) is 0 Å². The first-order valence-corrected chi connectivity index (χ1v) is 16.5. The molecule has 5 aromatic carbocycles. The molecule has 2 N–H and O–H groups in total. The lowest BCUT2D eigenvalue weighted by atomic mass is 9.97. The molecule has 0 saturated carbocycles. The summed E-state index contributed by atoms with van der Waals surface area (Å²) in [4.78, 5) is 39.3. The van der Waals surface area contributed by atoms with Crippen LogP contribution in [-0.2, 0) is 14.3 Å². The fourth-order valence-electron chi connectivity index (χ4n) is 5.68. The standard InChI is InChI=1S/C44H36N4O4/c1-5-29(22-25-40(49)51-3)42-43(32-16-18-33(19-17-32)44(50)52-4)46-37-24-21-35(27-39(37)48-42)34-20-23-36(45)38(26-34)47-41(31-14-10-7-11-15-31)28(2)30-12-8-6-9-13-30/h5-27H,2,45H2,1,3-4H3/b25-22-,29-5+,47-41+. The minimum absolute atomic E-state index is 0.413. The highest BCUT2D eigenvalue weighted by atomic mass is 16.5. The molecule has 8 heteroatoms. The summed E-state index contributed by atoms with van der Waals surface area (Å²) < 4.78 is 9.69. The van der Waals surface area contributed by atoms with Gasteiger partial charge in [0, 0.05) is 22.8 Å². The highest BCUT2D eigenvalue weighted by Gasteiger charge is 2.17. The maximum absolute atomic E-state index is 12.1. The Labute approximate surface area is 302 Å². The number of esters is 2. The number of hydrogen-bond donors (Lipinski definition) is 1. The molecule has 1 aromatic heterocycles. The van der Waals surface area contributed by atoms with E-state index in [1.807, 2.05) is 110 Å². The lowest BCUT2D eigenvalue weighted by molar-refractivity contribution is -0.134. The summed E-state index contributed by atoms with van der Waals surface area (Å²) in [5.74, 6) is -0.933. The number of nitrogen functional groups attached to an aromatic ring is 1. The van der Waals surface area contributed by atoms with Crippen molar-refractivity contribution in [2.45, 2.75) is 6.92 Å². The van der Waals surface area contributed by atoms with E-state index in [2.05, 4.69) is 6.58 Å². The van der Waals surface area contributed by atoms with Crippen molar-refractivity contribution in [3.05, 3.63) is 169 Å². The van der Waals surface area contributed by atoms with Crippen molar-refractivity contribution in [1.29, 1.82) is 0 Å². The third-order valence-corrected chi connectivity index (χ3v) is 8.48. The van der Waals surface area contributed by atoms with Gasteiger partial charge in [-0.2, -0.15) is 0 Å². The van der Waals surface area contributed by atoms with Gasteiger partial charge in [-0.05, 0) is 71.7 Å². The van der Waals surface area contributed by atoms with Crippen molar-refractivity contribution in [3.8, 4) is 22.4 Å². The maximum atomic E-state index is 12.1. The van der Waals surface area contributed by atoms with Gasteiger partial charge >= 0.3 is 11.9 Å². The summed E-state index contributed by atoms with van der Waals surface area (Å²) in [6, 6.07) is 38.4. The molecule has 8 nitrogen and oxygen atoms in total. The van der Waals surface area contributed by atoms with Crippen molar-refractivity contribution in [2.75, 3.05) is 20.0 Å². The molecule has 0 radical (unpaired) electrons. The third kappa shape index (κ3) is 7.61. The van der Waals surface area contributed by atoms with Crippen LogP contribution in [0.2, 0.25) is 0 Å². The first-order valence-electron chi connectivity index (χ1n) is 16.5. The van der Waals surface area contributed by atoms with E-state index < -0.39 is 11.9 Å². The molecule has 0 fully saturated rings. The lowest BCUT2D eigenvalue weighted by Crippen LogP contribution is -2.04. The van der Waals surface area contributed by atoms with Crippen LogP contribution < -0.4 is 5.73 Å². The van der Waals surface area contributed by atoms with Gasteiger partial charge in [0.1, 0.15) is 0 Å². The predicted molar refractivity (Wildman–Crippen MR) is 209 cm³/mol. The normalized spacial score (nSPS) is 11.8. The summed E-state index contributed by atoms with van der Waals surface area (Å²) in [6.07, 6.45) is 4.84. The van der Waals surface area contributed by atoms with Gasteiger partial charge in [-0.25, -0.2) is 24.5 Å². The van der Waals surface area contributed by atoms with Gasteiger partial charge in [-0.3, -0.25) is 0 Å². The summed E-state index contributed by atoms with van der Waals surface area (Å²) >= 11 is 0. The third-order valence-electron chi connectivity index (χ3n) is 8.48. The number of aliphatic imine (C=N–C) groups is 1. The molecular formula is C44H36N4O4. The van der Waals surface area contributed by atoms with E-state index in [4.69, 9.17) is 30.2 Å². The number of ether oxygens (including phenoxy) is 2. The van der Waals surface area contributed by atoms with Crippen molar-refractivity contribution in [3.63, 3.8) is 0 Å². The SMILES string of the molecule is C=C(/C(=N\c1cc(-c2ccc3nc(-c4ccc(C(=O)OC)cc4)c(C(/C=C\C(=O)OC)=C/C)nc3c2)ccc1N)c1ccccc1)c1ccccc1. The average Bonchev–Trinajstić information content (AvgIpc) is 3.20. The van der Waals surface area contributed by atoms with Crippen LogP contribution in [0.5, 0.6) is 0 Å². The van der Waals surface area contributed by atoms with E-state index in [0.29, 0.717) is 44.9 Å². The van der Waals surface area contributed by atoms with Crippen LogP contribution in [0.1, 0.15) is 34.1 Å². The number of nitrogens with two attached hydrogens (primary N) is 1. The first-order chi connectivity index (χ1) is 25.3. The first kappa shape index (κ1) is 34.9. The molecule has 0 unspecified atom stereocenters. The molecule has 0 spiro atoms. The number of anilines is 1. The number of hydrogen-bond acceptors (Lipinski definition) is 8. The van der Waals surface area contributed by atoms with Crippen LogP contribution in [0.15, 0.2) is 151 Å². The zero-order valence-corrected chi connectivity index (χ0v) is 29.0. The van der Waals surface area contributed by atoms with E-state index in [1.165, 1.54) is 20.3 Å². The Kier molecular flexibility index (Phi) is 10.6. The fraction of sp³-hybridized carbons (Fsp3) is 0.0682. The molecule has 6 rings (SSSR count). The zero-order chi connectivity index (χ0) is 36.6. The van der Waals surface area contributed by atoms with Gasteiger partial charge in [0.25, 0.3) is 0 Å². The number of benzene rings is 5. The second-order valence-electron chi connectivity index (χ2n) is 11.7. The lowest BCUT2D eigenvalue weighted by Gasteiger charge is -2.14. The number of fused-ring (bicyclic) bond motifs is 1.